The first-order valence-corrected chi connectivity index (χ1v) is 5.08. The van der Waals surface area contributed by atoms with Crippen LogP contribution in [0.1, 0.15) is 18.4 Å². The molecule has 2 aromatic rings. The maximum Gasteiger partial charge on any atom is 0.0700 e. The maximum absolute atomic E-state index is 9.36. The fourth-order valence-electron chi connectivity index (χ4n) is 2.38. The Bertz CT molecular complexity index is 499. The highest BCUT2D eigenvalue weighted by atomic mass is 16.3. The van der Waals surface area contributed by atoms with Crippen molar-refractivity contribution in [2.45, 2.75) is 24.5 Å². The van der Waals surface area contributed by atoms with E-state index in [1.807, 2.05) is 18.2 Å². The van der Waals surface area contributed by atoms with Crippen LogP contribution in [-0.4, -0.2) is 21.4 Å². The van der Waals surface area contributed by atoms with Gasteiger partial charge in [-0.1, -0.05) is 18.2 Å². The molecule has 1 aliphatic rings. The van der Waals surface area contributed by atoms with Crippen LogP contribution in [0.3, 0.4) is 0 Å². The molecule has 0 radical (unpaired) electrons. The number of nitrogens with zero attached hydrogens (tertiary/aromatic N) is 1. The third kappa shape index (κ3) is 1.19. The van der Waals surface area contributed by atoms with Crippen LogP contribution in [0.2, 0.25) is 0 Å². The molecule has 15 heavy (non-hydrogen) atoms. The van der Waals surface area contributed by atoms with Crippen molar-refractivity contribution >= 4 is 10.9 Å². The zero-order valence-corrected chi connectivity index (χ0v) is 8.27. The van der Waals surface area contributed by atoms with Gasteiger partial charge in [-0.15, -0.1) is 0 Å². The number of para-hydroxylation sites is 1. The normalized spacial score (nSPS) is 30.4. The minimum Gasteiger partial charge on any atom is -0.393 e. The minimum atomic E-state index is -0.383. The molecule has 0 atom stereocenters. The lowest BCUT2D eigenvalue weighted by Gasteiger charge is -2.42. The van der Waals surface area contributed by atoms with Crippen molar-refractivity contribution in [3.05, 3.63) is 30.0 Å². The van der Waals surface area contributed by atoms with E-state index in [2.05, 4.69) is 10.2 Å². The molecule has 0 amide bonds. The maximum atomic E-state index is 9.36. The van der Waals surface area contributed by atoms with Gasteiger partial charge in [0.15, 0.2) is 0 Å². The van der Waals surface area contributed by atoms with Gasteiger partial charge in [0.05, 0.1) is 17.8 Å². The number of H-pyrrole nitrogens is 1. The Kier molecular flexibility index (Phi) is 1.66. The number of rotatable bonds is 1. The molecule has 1 saturated carbocycles. The molecule has 1 aromatic carbocycles. The smallest absolute Gasteiger partial charge is 0.0700 e. The molecular weight excluding hydrogens is 190 g/mol. The van der Waals surface area contributed by atoms with E-state index in [4.69, 9.17) is 5.73 Å². The van der Waals surface area contributed by atoms with Crippen molar-refractivity contribution in [2.24, 2.45) is 5.73 Å². The molecule has 4 heteroatoms. The van der Waals surface area contributed by atoms with Gasteiger partial charge in [-0.2, -0.15) is 5.10 Å². The number of aliphatic hydroxyl groups excluding tert-OH is 1. The molecule has 1 aliphatic carbocycles. The SMILES string of the molecule is NC1(c2cccc3cn[nH]c23)CC(O)C1. The Hall–Kier alpha value is -1.39. The highest BCUT2D eigenvalue weighted by molar-refractivity contribution is 5.82. The number of aromatic amines is 1. The molecule has 3 rings (SSSR count). The number of aromatic nitrogens is 2. The Morgan fingerprint density at radius 2 is 2.27 bits per heavy atom. The minimum absolute atomic E-state index is 0.256. The summed E-state index contributed by atoms with van der Waals surface area (Å²) in [4.78, 5) is 0. The molecule has 4 N–H and O–H groups in total. The second-order valence-corrected chi connectivity index (χ2v) is 4.36. The topological polar surface area (TPSA) is 74.9 Å². The molecular formula is C11H13N3O. The molecule has 1 fully saturated rings. The van der Waals surface area contributed by atoms with E-state index in [1.165, 1.54) is 0 Å². The van der Waals surface area contributed by atoms with Gasteiger partial charge in [0, 0.05) is 10.9 Å². The summed E-state index contributed by atoms with van der Waals surface area (Å²) < 4.78 is 0. The molecule has 0 aliphatic heterocycles. The quantitative estimate of drug-likeness (QED) is 0.643. The summed E-state index contributed by atoms with van der Waals surface area (Å²) >= 11 is 0. The Balaban J connectivity index is 2.14. The van der Waals surface area contributed by atoms with Crippen LogP contribution in [0, 0.1) is 0 Å². The third-order valence-corrected chi connectivity index (χ3v) is 3.21. The number of nitrogens with one attached hydrogen (secondary N) is 1. The third-order valence-electron chi connectivity index (χ3n) is 3.21. The highest BCUT2D eigenvalue weighted by Crippen LogP contribution is 2.41. The fraction of sp³-hybridized carbons (Fsp3) is 0.364. The summed E-state index contributed by atoms with van der Waals surface area (Å²) in [5, 5.41) is 17.4. The summed E-state index contributed by atoms with van der Waals surface area (Å²) in [6.07, 6.45) is 2.79. The number of hydrogen-bond acceptors (Lipinski definition) is 3. The van der Waals surface area contributed by atoms with E-state index in [0.29, 0.717) is 12.8 Å². The standard InChI is InChI=1S/C11H13N3O/c12-11(4-8(15)5-11)9-3-1-2-7-6-13-14-10(7)9/h1-3,6,8,15H,4-5,12H2,(H,13,14). The second kappa shape index (κ2) is 2.81. The first kappa shape index (κ1) is 8.88. The van der Waals surface area contributed by atoms with Gasteiger partial charge in [-0.3, -0.25) is 5.10 Å². The Morgan fingerprint density at radius 1 is 1.47 bits per heavy atom. The molecule has 78 valence electrons. The number of fused-ring (bicyclic) bond motifs is 1. The van der Waals surface area contributed by atoms with Crippen molar-refractivity contribution in [2.75, 3.05) is 0 Å². The highest BCUT2D eigenvalue weighted by Gasteiger charge is 2.42. The largest absolute Gasteiger partial charge is 0.393 e. The van der Waals surface area contributed by atoms with E-state index in [9.17, 15) is 5.11 Å². The van der Waals surface area contributed by atoms with Crippen LogP contribution in [-0.2, 0) is 5.54 Å². The van der Waals surface area contributed by atoms with Gasteiger partial charge >= 0.3 is 0 Å². The van der Waals surface area contributed by atoms with Crippen LogP contribution in [0.25, 0.3) is 10.9 Å². The molecule has 1 aromatic heterocycles. The molecule has 0 saturated heterocycles. The number of aliphatic hydroxyl groups is 1. The van der Waals surface area contributed by atoms with Gasteiger partial charge < -0.3 is 10.8 Å². The van der Waals surface area contributed by atoms with Crippen LogP contribution in [0.4, 0.5) is 0 Å². The van der Waals surface area contributed by atoms with Crippen LogP contribution in [0.5, 0.6) is 0 Å². The van der Waals surface area contributed by atoms with Crippen molar-refractivity contribution in [1.29, 1.82) is 0 Å². The Labute approximate surface area is 87.1 Å². The van der Waals surface area contributed by atoms with Crippen LogP contribution < -0.4 is 5.73 Å². The van der Waals surface area contributed by atoms with Crippen molar-refractivity contribution in [1.82, 2.24) is 10.2 Å². The molecule has 0 unspecified atom stereocenters. The van der Waals surface area contributed by atoms with Crippen molar-refractivity contribution in [3.63, 3.8) is 0 Å². The first-order chi connectivity index (χ1) is 7.19. The zero-order valence-electron chi connectivity index (χ0n) is 8.27. The van der Waals surface area contributed by atoms with Crippen molar-refractivity contribution in [3.8, 4) is 0 Å². The zero-order chi connectivity index (χ0) is 10.5. The molecule has 0 spiro atoms. The van der Waals surface area contributed by atoms with Gasteiger partial charge in [-0.25, -0.2) is 0 Å². The fourth-order valence-corrected chi connectivity index (χ4v) is 2.38. The lowest BCUT2D eigenvalue weighted by molar-refractivity contribution is 0.0216. The molecule has 4 nitrogen and oxygen atoms in total. The van der Waals surface area contributed by atoms with Gasteiger partial charge in [0.1, 0.15) is 0 Å². The number of nitrogens with two attached hydrogens (primary N) is 1. The van der Waals surface area contributed by atoms with Gasteiger partial charge in [0.2, 0.25) is 0 Å². The van der Waals surface area contributed by atoms with Crippen LogP contribution in [0.15, 0.2) is 24.4 Å². The van der Waals surface area contributed by atoms with E-state index in [0.717, 1.165) is 16.5 Å². The average molecular weight is 203 g/mol. The lowest BCUT2D eigenvalue weighted by Crippen LogP contribution is -2.51. The van der Waals surface area contributed by atoms with Crippen LogP contribution >= 0.6 is 0 Å². The van der Waals surface area contributed by atoms with Crippen molar-refractivity contribution < 1.29 is 5.11 Å². The summed E-state index contributed by atoms with van der Waals surface area (Å²) in [6.45, 7) is 0. The first-order valence-electron chi connectivity index (χ1n) is 5.08. The summed E-state index contributed by atoms with van der Waals surface area (Å²) in [7, 11) is 0. The summed E-state index contributed by atoms with van der Waals surface area (Å²) in [5.74, 6) is 0. The predicted molar refractivity (Wildman–Crippen MR) is 57.2 cm³/mol. The predicted octanol–water partition coefficient (Wildman–Crippen LogP) is 0.872. The summed E-state index contributed by atoms with van der Waals surface area (Å²) in [6, 6.07) is 5.99. The Morgan fingerprint density at radius 3 is 3.00 bits per heavy atom. The van der Waals surface area contributed by atoms with Gasteiger partial charge in [-0.05, 0) is 18.4 Å². The van der Waals surface area contributed by atoms with E-state index >= 15 is 0 Å². The average Bonchev–Trinajstić information content (AvgIpc) is 2.62. The summed E-state index contributed by atoms with van der Waals surface area (Å²) in [5.41, 5.74) is 7.90. The lowest BCUT2D eigenvalue weighted by atomic mass is 9.70. The number of benzene rings is 1. The van der Waals surface area contributed by atoms with E-state index < -0.39 is 0 Å². The second-order valence-electron chi connectivity index (χ2n) is 4.36. The molecule has 0 bridgehead atoms. The van der Waals surface area contributed by atoms with Gasteiger partial charge in [0.25, 0.3) is 0 Å². The number of hydrogen-bond donors (Lipinski definition) is 3. The van der Waals surface area contributed by atoms with E-state index in [-0.39, 0.29) is 11.6 Å². The van der Waals surface area contributed by atoms with E-state index in [1.54, 1.807) is 6.20 Å². The molecule has 1 heterocycles. The monoisotopic (exact) mass is 203 g/mol.